The third-order valence-electron chi connectivity index (χ3n) is 4.34. The third-order valence-corrected chi connectivity index (χ3v) is 5.07. The van der Waals surface area contributed by atoms with Crippen molar-refractivity contribution in [2.45, 2.75) is 103 Å². The fourth-order valence-corrected chi connectivity index (χ4v) is 3.41. The second kappa shape index (κ2) is 20.0. The van der Waals surface area contributed by atoms with E-state index in [1.807, 2.05) is 0 Å². The maximum absolute atomic E-state index is 4.97. The van der Waals surface area contributed by atoms with E-state index in [4.69, 9.17) is 24.4 Å². The van der Waals surface area contributed by atoms with E-state index < -0.39 is 0 Å². The maximum atomic E-state index is 4.97. The van der Waals surface area contributed by atoms with Crippen molar-refractivity contribution in [3.05, 3.63) is 0 Å². The van der Waals surface area contributed by atoms with Crippen molar-refractivity contribution in [2.75, 3.05) is 6.54 Å². The van der Waals surface area contributed by atoms with Crippen LogP contribution in [0, 0.1) is 0 Å². The first-order valence-corrected chi connectivity index (χ1v) is 11.5. The van der Waals surface area contributed by atoms with E-state index in [1.165, 1.54) is 96.3 Å². The van der Waals surface area contributed by atoms with Crippen molar-refractivity contribution < 1.29 is 0 Å². The molecule has 1 N–H and O–H groups in total. The molecule has 0 aliphatic rings. The first-order chi connectivity index (χ1) is 11.6. The smallest absolute Gasteiger partial charge is 0.130 e. The molecular weight excluding hydrogens is 370 g/mol. The minimum absolute atomic E-state index is 0.619. The van der Waals surface area contributed by atoms with Crippen LogP contribution in [0.2, 0.25) is 0 Å². The van der Waals surface area contributed by atoms with Crippen LogP contribution in [0.4, 0.5) is 0 Å². The summed E-state index contributed by atoms with van der Waals surface area (Å²) >= 11 is 18.0. The Balaban J connectivity index is 3.00. The molecule has 0 heterocycles. The molecule has 0 aliphatic carbocycles. The summed E-state index contributed by atoms with van der Waals surface area (Å²) in [5, 5.41) is 3.09. The fraction of sp³-hybridized carbons (Fsp3) is 0.895. The standard InChI is InChI=1S/C19H37NS4/c21-18(22)16-14-12-10-8-6-4-2-1-3-5-7-9-11-13-15-17-20-19(23)24/h1-17H2,(H,21,22)(H2,20,23,24). The van der Waals surface area contributed by atoms with Crippen molar-refractivity contribution in [2.24, 2.45) is 0 Å². The molecular formula is C19H37NS4. The van der Waals surface area contributed by atoms with Gasteiger partial charge in [-0.2, -0.15) is 0 Å². The zero-order chi connectivity index (χ0) is 17.9. The highest BCUT2D eigenvalue weighted by molar-refractivity contribution is 8.11. The van der Waals surface area contributed by atoms with Gasteiger partial charge in [0.15, 0.2) is 0 Å². The van der Waals surface area contributed by atoms with Crippen LogP contribution in [0.25, 0.3) is 0 Å². The summed E-state index contributed by atoms with van der Waals surface area (Å²) in [7, 11) is 0. The lowest BCUT2D eigenvalue weighted by atomic mass is 10.0. The van der Waals surface area contributed by atoms with Gasteiger partial charge >= 0.3 is 0 Å². The molecule has 24 heavy (non-hydrogen) atoms. The quantitative estimate of drug-likeness (QED) is 0.125. The van der Waals surface area contributed by atoms with Crippen molar-refractivity contribution in [3.8, 4) is 0 Å². The highest BCUT2D eigenvalue weighted by Crippen LogP contribution is 2.14. The van der Waals surface area contributed by atoms with Crippen molar-refractivity contribution in [1.82, 2.24) is 5.32 Å². The summed E-state index contributed by atoms with van der Waals surface area (Å²) < 4.78 is 1.48. The van der Waals surface area contributed by atoms with Gasteiger partial charge in [-0.1, -0.05) is 108 Å². The van der Waals surface area contributed by atoms with Gasteiger partial charge in [-0.15, -0.1) is 25.3 Å². The van der Waals surface area contributed by atoms with Crippen LogP contribution in [0.15, 0.2) is 0 Å². The zero-order valence-corrected chi connectivity index (χ0v) is 18.7. The lowest BCUT2D eigenvalue weighted by Gasteiger charge is -2.04. The zero-order valence-electron chi connectivity index (χ0n) is 15.2. The Morgan fingerprint density at radius 3 is 1.21 bits per heavy atom. The Kier molecular flexibility index (Phi) is 20.6. The van der Waals surface area contributed by atoms with Crippen LogP contribution >= 0.6 is 49.7 Å². The number of thiocarbonyl (C=S) groups is 2. The molecule has 0 unspecified atom stereocenters. The largest absolute Gasteiger partial charge is 0.371 e. The summed E-state index contributed by atoms with van der Waals surface area (Å²) in [6.45, 7) is 0.977. The molecule has 1 nitrogen and oxygen atoms in total. The van der Waals surface area contributed by atoms with E-state index >= 15 is 0 Å². The van der Waals surface area contributed by atoms with Crippen molar-refractivity contribution in [1.29, 1.82) is 0 Å². The normalized spacial score (nSPS) is 10.8. The van der Waals surface area contributed by atoms with Gasteiger partial charge in [0.05, 0.1) is 0 Å². The van der Waals surface area contributed by atoms with E-state index in [1.54, 1.807) is 0 Å². The lowest BCUT2D eigenvalue weighted by Crippen LogP contribution is -2.17. The number of thiol groups is 2. The number of hydrogen-bond donors (Lipinski definition) is 3. The fourth-order valence-electron chi connectivity index (χ4n) is 2.89. The van der Waals surface area contributed by atoms with Crippen LogP contribution in [-0.2, 0) is 0 Å². The van der Waals surface area contributed by atoms with Gasteiger partial charge in [-0.3, -0.25) is 0 Å². The van der Waals surface area contributed by atoms with Crippen LogP contribution in [0.5, 0.6) is 0 Å². The molecule has 0 bridgehead atoms. The Morgan fingerprint density at radius 2 is 0.875 bits per heavy atom. The topological polar surface area (TPSA) is 12.0 Å². The SMILES string of the molecule is S=C(S)CCCCCCCCCCCCCCCCCNC(=S)S. The third kappa shape index (κ3) is 22.7. The molecule has 0 aromatic rings. The molecule has 0 atom stereocenters. The molecule has 0 aromatic carbocycles. The molecule has 0 rings (SSSR count). The summed E-state index contributed by atoms with van der Waals surface area (Å²) in [6.07, 6.45) is 21.5. The van der Waals surface area contributed by atoms with Gasteiger partial charge in [0, 0.05) is 10.7 Å². The van der Waals surface area contributed by atoms with Crippen molar-refractivity contribution in [3.63, 3.8) is 0 Å². The van der Waals surface area contributed by atoms with E-state index in [2.05, 4.69) is 30.6 Å². The molecule has 0 saturated carbocycles. The molecule has 0 amide bonds. The van der Waals surface area contributed by atoms with E-state index in [9.17, 15) is 0 Å². The maximum Gasteiger partial charge on any atom is 0.130 e. The summed E-state index contributed by atoms with van der Waals surface area (Å²) in [5.74, 6) is 0. The Bertz CT molecular complexity index is 278. The van der Waals surface area contributed by atoms with Crippen LogP contribution < -0.4 is 5.32 Å². The molecule has 0 fully saturated rings. The van der Waals surface area contributed by atoms with Gasteiger partial charge in [0.1, 0.15) is 4.32 Å². The van der Waals surface area contributed by atoms with Gasteiger partial charge in [-0.05, 0) is 19.3 Å². The Labute approximate surface area is 172 Å². The summed E-state index contributed by atoms with van der Waals surface area (Å²) in [4.78, 5) is 0. The van der Waals surface area contributed by atoms with Gasteiger partial charge in [-0.25, -0.2) is 0 Å². The predicted molar refractivity (Wildman–Crippen MR) is 125 cm³/mol. The number of nitrogens with one attached hydrogen (secondary N) is 1. The molecule has 0 spiro atoms. The van der Waals surface area contributed by atoms with Gasteiger partial charge in [0.25, 0.3) is 0 Å². The Morgan fingerprint density at radius 1 is 0.542 bits per heavy atom. The van der Waals surface area contributed by atoms with E-state index in [-0.39, 0.29) is 0 Å². The summed E-state index contributed by atoms with van der Waals surface area (Å²) in [6, 6.07) is 0. The number of rotatable bonds is 18. The molecule has 0 aliphatic heterocycles. The second-order valence-corrected chi connectivity index (χ2v) is 9.17. The van der Waals surface area contributed by atoms with E-state index in [0.717, 1.165) is 17.2 Å². The molecule has 142 valence electrons. The van der Waals surface area contributed by atoms with Crippen LogP contribution in [0.3, 0.4) is 0 Å². The summed E-state index contributed by atoms with van der Waals surface area (Å²) in [5.41, 5.74) is 0. The average Bonchev–Trinajstić information content (AvgIpc) is 2.53. The first kappa shape index (κ1) is 24.7. The monoisotopic (exact) mass is 407 g/mol. The molecule has 5 heteroatoms. The lowest BCUT2D eigenvalue weighted by molar-refractivity contribution is 0.531. The Hall–Kier alpha value is 0.680. The minimum atomic E-state index is 0.619. The van der Waals surface area contributed by atoms with Gasteiger partial charge in [0.2, 0.25) is 0 Å². The average molecular weight is 408 g/mol. The van der Waals surface area contributed by atoms with Crippen LogP contribution in [0.1, 0.15) is 103 Å². The molecule has 0 saturated heterocycles. The minimum Gasteiger partial charge on any atom is -0.371 e. The first-order valence-electron chi connectivity index (χ1n) is 9.81. The van der Waals surface area contributed by atoms with E-state index in [0.29, 0.717) is 4.32 Å². The predicted octanol–water partition coefficient (Wildman–Crippen LogP) is 7.29. The molecule has 0 aromatic heterocycles. The second-order valence-electron chi connectivity index (χ2n) is 6.68. The highest BCUT2D eigenvalue weighted by atomic mass is 32.1. The number of hydrogen-bond acceptors (Lipinski definition) is 2. The van der Waals surface area contributed by atoms with Gasteiger partial charge < -0.3 is 5.32 Å². The number of unbranched alkanes of at least 4 members (excludes halogenated alkanes) is 14. The van der Waals surface area contributed by atoms with Crippen LogP contribution in [-0.4, -0.2) is 15.1 Å². The van der Waals surface area contributed by atoms with Crippen molar-refractivity contribution >= 4 is 58.2 Å². The molecule has 0 radical (unpaired) electrons. The highest BCUT2D eigenvalue weighted by Gasteiger charge is 1.95.